The summed E-state index contributed by atoms with van der Waals surface area (Å²) >= 11 is 10.4. The van der Waals surface area contributed by atoms with Crippen molar-refractivity contribution in [2.24, 2.45) is 0 Å². The van der Waals surface area contributed by atoms with Gasteiger partial charge in [-0.2, -0.15) is 0 Å². The van der Waals surface area contributed by atoms with E-state index in [0.29, 0.717) is 4.83 Å². The maximum Gasteiger partial charge on any atom is 0.0154 e. The van der Waals surface area contributed by atoms with Crippen LogP contribution in [0.1, 0.15) is 19.3 Å². The molecule has 0 nitrogen and oxygen atoms in total. The van der Waals surface area contributed by atoms with Gasteiger partial charge in [0.05, 0.1) is 0 Å². The summed E-state index contributed by atoms with van der Waals surface area (Å²) in [6, 6.07) is 0. The van der Waals surface area contributed by atoms with Crippen LogP contribution < -0.4 is 0 Å². The lowest BCUT2D eigenvalue weighted by atomic mass is 10.2. The van der Waals surface area contributed by atoms with Gasteiger partial charge in [-0.05, 0) is 19.3 Å². The molecule has 0 saturated carbocycles. The van der Waals surface area contributed by atoms with Crippen LogP contribution in [0.2, 0.25) is 0 Å². The first-order chi connectivity index (χ1) is 4.31. The van der Waals surface area contributed by atoms with E-state index in [1.54, 1.807) is 0 Å². The van der Waals surface area contributed by atoms with E-state index in [-0.39, 0.29) is 0 Å². The second-order valence-corrected chi connectivity index (χ2v) is 4.79. The predicted octanol–water partition coefficient (Wildman–Crippen LogP) is 3.71. The van der Waals surface area contributed by atoms with Gasteiger partial charge in [0.25, 0.3) is 0 Å². The highest BCUT2D eigenvalue weighted by atomic mass is 79.9. The molecule has 9 heavy (non-hydrogen) atoms. The molecule has 0 N–H and O–H groups in total. The molecule has 0 saturated heterocycles. The standard InChI is InChI=1S/C6H11Br3/c7-4-1-2-6(9)3-5-8/h6H,1-5H2. The third-order valence-corrected chi connectivity index (χ3v) is 3.01. The minimum atomic E-state index is 0.703. The Hall–Kier alpha value is 1.44. The van der Waals surface area contributed by atoms with E-state index in [1.165, 1.54) is 19.3 Å². The molecule has 3 heteroatoms. The molecule has 0 heterocycles. The molecule has 1 unspecified atom stereocenters. The molecule has 1 atom stereocenters. The average molecular weight is 323 g/mol. The van der Waals surface area contributed by atoms with Crippen LogP contribution in [-0.2, 0) is 0 Å². The zero-order valence-electron chi connectivity index (χ0n) is 5.25. The van der Waals surface area contributed by atoms with Gasteiger partial charge in [-0.25, -0.2) is 0 Å². The maximum atomic E-state index is 3.59. The van der Waals surface area contributed by atoms with Crippen molar-refractivity contribution in [3.8, 4) is 0 Å². The highest BCUT2D eigenvalue weighted by molar-refractivity contribution is 9.10. The van der Waals surface area contributed by atoms with Crippen LogP contribution in [0, 0.1) is 0 Å². The lowest BCUT2D eigenvalue weighted by Gasteiger charge is -2.04. The van der Waals surface area contributed by atoms with Crippen LogP contribution in [0.5, 0.6) is 0 Å². The Bertz CT molecular complexity index is 56.3. The van der Waals surface area contributed by atoms with Gasteiger partial charge in [0.1, 0.15) is 0 Å². The number of hydrogen-bond donors (Lipinski definition) is 0. The van der Waals surface area contributed by atoms with Crippen molar-refractivity contribution in [1.29, 1.82) is 0 Å². The fraction of sp³-hybridized carbons (Fsp3) is 1.00. The first kappa shape index (κ1) is 10.4. The van der Waals surface area contributed by atoms with E-state index < -0.39 is 0 Å². The zero-order chi connectivity index (χ0) is 7.11. The van der Waals surface area contributed by atoms with Gasteiger partial charge in [0, 0.05) is 15.5 Å². The fourth-order valence-corrected chi connectivity index (χ4v) is 2.60. The van der Waals surface area contributed by atoms with Gasteiger partial charge in [-0.15, -0.1) is 0 Å². The zero-order valence-corrected chi connectivity index (χ0v) is 10.0. The minimum absolute atomic E-state index is 0.703. The molecule has 0 fully saturated rings. The molecule has 0 radical (unpaired) electrons. The molecule has 0 amide bonds. The van der Waals surface area contributed by atoms with Crippen LogP contribution in [0.4, 0.5) is 0 Å². The van der Waals surface area contributed by atoms with Gasteiger partial charge in [-0.3, -0.25) is 0 Å². The van der Waals surface area contributed by atoms with Crippen LogP contribution in [0.25, 0.3) is 0 Å². The van der Waals surface area contributed by atoms with Gasteiger partial charge in [0.15, 0.2) is 0 Å². The van der Waals surface area contributed by atoms with Crippen molar-refractivity contribution in [2.75, 3.05) is 10.7 Å². The second kappa shape index (κ2) is 7.55. The Morgan fingerprint density at radius 1 is 1.00 bits per heavy atom. The maximum absolute atomic E-state index is 3.59. The summed E-state index contributed by atoms with van der Waals surface area (Å²) in [5.74, 6) is 0. The largest absolute Gasteiger partial charge is 0.0928 e. The van der Waals surface area contributed by atoms with Gasteiger partial charge in [0.2, 0.25) is 0 Å². The van der Waals surface area contributed by atoms with Gasteiger partial charge >= 0.3 is 0 Å². The molecule has 0 aliphatic heterocycles. The third-order valence-electron chi connectivity index (χ3n) is 1.07. The number of alkyl halides is 3. The quantitative estimate of drug-likeness (QED) is 0.677. The third kappa shape index (κ3) is 7.34. The number of hydrogen-bond acceptors (Lipinski definition) is 0. The lowest BCUT2D eigenvalue weighted by molar-refractivity contribution is 0.743. The van der Waals surface area contributed by atoms with Crippen LogP contribution >= 0.6 is 47.8 Å². The highest BCUT2D eigenvalue weighted by Gasteiger charge is 2.00. The monoisotopic (exact) mass is 320 g/mol. The predicted molar refractivity (Wildman–Crippen MR) is 54.2 cm³/mol. The van der Waals surface area contributed by atoms with Crippen molar-refractivity contribution >= 4 is 47.8 Å². The Kier molecular flexibility index (Phi) is 8.75. The Morgan fingerprint density at radius 3 is 2.11 bits per heavy atom. The molecule has 0 aromatic heterocycles. The summed E-state index contributed by atoms with van der Waals surface area (Å²) in [7, 11) is 0. The normalized spacial score (nSPS) is 13.7. The first-order valence-electron chi connectivity index (χ1n) is 3.07. The van der Waals surface area contributed by atoms with Crippen molar-refractivity contribution in [1.82, 2.24) is 0 Å². The molecule has 0 aromatic carbocycles. The van der Waals surface area contributed by atoms with Crippen LogP contribution in [0.3, 0.4) is 0 Å². The Labute approximate surface area is 82.2 Å². The fourth-order valence-electron chi connectivity index (χ4n) is 0.561. The molecule has 0 rings (SSSR count). The van der Waals surface area contributed by atoms with E-state index in [9.17, 15) is 0 Å². The van der Waals surface area contributed by atoms with Crippen molar-refractivity contribution in [3.05, 3.63) is 0 Å². The second-order valence-electron chi connectivity index (χ2n) is 1.91. The van der Waals surface area contributed by atoms with E-state index in [4.69, 9.17) is 0 Å². The van der Waals surface area contributed by atoms with Gasteiger partial charge < -0.3 is 0 Å². The molecule has 0 aliphatic carbocycles. The Morgan fingerprint density at radius 2 is 1.67 bits per heavy atom. The lowest BCUT2D eigenvalue weighted by Crippen LogP contribution is -1.97. The summed E-state index contributed by atoms with van der Waals surface area (Å²) in [5.41, 5.74) is 0. The number of rotatable bonds is 5. The minimum Gasteiger partial charge on any atom is -0.0928 e. The van der Waals surface area contributed by atoms with E-state index in [1.807, 2.05) is 0 Å². The van der Waals surface area contributed by atoms with E-state index in [0.717, 1.165) is 10.7 Å². The Balaban J connectivity index is 2.95. The molecule has 0 aromatic rings. The van der Waals surface area contributed by atoms with Crippen molar-refractivity contribution < 1.29 is 0 Å². The van der Waals surface area contributed by atoms with E-state index in [2.05, 4.69) is 47.8 Å². The summed E-state index contributed by atoms with van der Waals surface area (Å²) in [4.78, 5) is 0.703. The molecule has 0 spiro atoms. The summed E-state index contributed by atoms with van der Waals surface area (Å²) in [6.45, 7) is 0. The van der Waals surface area contributed by atoms with Crippen LogP contribution in [-0.4, -0.2) is 15.5 Å². The van der Waals surface area contributed by atoms with Crippen molar-refractivity contribution in [2.45, 2.75) is 24.1 Å². The number of halogens is 3. The summed E-state index contributed by atoms with van der Waals surface area (Å²) in [5, 5.41) is 2.22. The average Bonchev–Trinajstić information content (AvgIpc) is 1.85. The SMILES string of the molecule is BrCCCC(Br)CCBr. The van der Waals surface area contributed by atoms with Crippen LogP contribution in [0.15, 0.2) is 0 Å². The van der Waals surface area contributed by atoms with Crippen molar-refractivity contribution in [3.63, 3.8) is 0 Å². The molecular weight excluding hydrogens is 312 g/mol. The molecule has 0 bridgehead atoms. The molecule has 56 valence electrons. The summed E-state index contributed by atoms with van der Waals surface area (Å²) in [6.07, 6.45) is 3.77. The van der Waals surface area contributed by atoms with Gasteiger partial charge in [-0.1, -0.05) is 47.8 Å². The van der Waals surface area contributed by atoms with E-state index >= 15 is 0 Å². The topological polar surface area (TPSA) is 0 Å². The summed E-state index contributed by atoms with van der Waals surface area (Å²) < 4.78 is 0. The molecular formula is C6H11Br3. The molecule has 0 aliphatic rings. The first-order valence-corrected chi connectivity index (χ1v) is 6.23. The highest BCUT2D eigenvalue weighted by Crippen LogP contribution is 2.13. The smallest absolute Gasteiger partial charge is 0.0154 e.